The molecule has 0 radical (unpaired) electrons. The van der Waals surface area contributed by atoms with Crippen LogP contribution in [0.3, 0.4) is 0 Å². The second-order valence-electron chi connectivity index (χ2n) is 8.48. The smallest absolute Gasteiger partial charge is 0.251 e. The van der Waals surface area contributed by atoms with Crippen LogP contribution in [-0.2, 0) is 6.54 Å². The number of nitrogens with one attached hydrogen (secondary N) is 1. The molecule has 0 aliphatic heterocycles. The fourth-order valence-corrected chi connectivity index (χ4v) is 5.22. The van der Waals surface area contributed by atoms with Crippen molar-refractivity contribution in [3.63, 3.8) is 0 Å². The number of carbonyl (C=O) groups excluding carboxylic acids is 1. The maximum Gasteiger partial charge on any atom is 0.251 e. The minimum absolute atomic E-state index is 0.133. The van der Waals surface area contributed by atoms with E-state index < -0.39 is 0 Å². The molecule has 192 valence electrons. The quantitative estimate of drug-likeness (QED) is 0.171. The number of amides is 1. The van der Waals surface area contributed by atoms with Gasteiger partial charge in [0.2, 0.25) is 0 Å². The Hall–Kier alpha value is -3.71. The Morgan fingerprint density at radius 2 is 1.51 bits per heavy atom. The second-order valence-corrected chi connectivity index (χ2v) is 9.54. The van der Waals surface area contributed by atoms with E-state index in [9.17, 15) is 4.79 Å². The Morgan fingerprint density at radius 1 is 0.892 bits per heavy atom. The maximum atomic E-state index is 12.6. The van der Waals surface area contributed by atoms with E-state index in [4.69, 9.17) is 14.5 Å². The fraction of sp³-hybridized carbons (Fsp3) is 0.267. The minimum Gasteiger partial charge on any atom is -0.497 e. The zero-order valence-corrected chi connectivity index (χ0v) is 22.4. The normalized spacial score (nSPS) is 10.8. The van der Waals surface area contributed by atoms with Crippen molar-refractivity contribution in [2.45, 2.75) is 31.5 Å². The zero-order chi connectivity index (χ0) is 26.0. The van der Waals surface area contributed by atoms with E-state index in [1.807, 2.05) is 12.1 Å². The largest absolute Gasteiger partial charge is 0.497 e. The highest BCUT2D eigenvalue weighted by atomic mass is 32.2. The van der Waals surface area contributed by atoms with Crippen molar-refractivity contribution in [1.82, 2.24) is 14.9 Å². The summed E-state index contributed by atoms with van der Waals surface area (Å²) in [5.41, 5.74) is 4.97. The van der Waals surface area contributed by atoms with Gasteiger partial charge in [-0.2, -0.15) is 0 Å². The SMILES string of the molecule is CCn1c(SCCCCNC(=O)c2cc(OC)cc(OC)c2)nc(-c2ccccc2)c1-c1ccccc1. The van der Waals surface area contributed by atoms with Gasteiger partial charge < -0.3 is 19.4 Å². The van der Waals surface area contributed by atoms with Gasteiger partial charge in [0.15, 0.2) is 5.16 Å². The summed E-state index contributed by atoms with van der Waals surface area (Å²) in [5, 5.41) is 4.02. The van der Waals surface area contributed by atoms with Gasteiger partial charge in [-0.25, -0.2) is 4.98 Å². The van der Waals surface area contributed by atoms with Gasteiger partial charge in [0.1, 0.15) is 11.5 Å². The number of methoxy groups -OCH3 is 2. The Morgan fingerprint density at radius 3 is 2.11 bits per heavy atom. The molecule has 6 nitrogen and oxygen atoms in total. The van der Waals surface area contributed by atoms with Crippen LogP contribution in [0.15, 0.2) is 84.0 Å². The van der Waals surface area contributed by atoms with Crippen LogP contribution in [0.5, 0.6) is 11.5 Å². The maximum absolute atomic E-state index is 12.6. The van der Waals surface area contributed by atoms with Gasteiger partial charge in [-0.1, -0.05) is 72.4 Å². The van der Waals surface area contributed by atoms with E-state index in [1.54, 1.807) is 44.2 Å². The number of imidazole rings is 1. The summed E-state index contributed by atoms with van der Waals surface area (Å²) in [6.07, 6.45) is 1.84. The van der Waals surface area contributed by atoms with Gasteiger partial charge in [-0.15, -0.1) is 0 Å². The van der Waals surface area contributed by atoms with Crippen molar-refractivity contribution < 1.29 is 14.3 Å². The van der Waals surface area contributed by atoms with Gasteiger partial charge in [-0.3, -0.25) is 4.79 Å². The number of unbranched alkanes of at least 4 members (excludes halogenated alkanes) is 1. The molecule has 0 spiro atoms. The second kappa shape index (κ2) is 13.0. The van der Waals surface area contributed by atoms with Crippen molar-refractivity contribution in [3.8, 4) is 34.0 Å². The molecule has 0 bridgehead atoms. The lowest BCUT2D eigenvalue weighted by Gasteiger charge is -2.11. The van der Waals surface area contributed by atoms with Crippen LogP contribution in [-0.4, -0.2) is 42.0 Å². The van der Waals surface area contributed by atoms with Gasteiger partial charge in [0.05, 0.1) is 25.6 Å². The van der Waals surface area contributed by atoms with Crippen LogP contribution < -0.4 is 14.8 Å². The first-order valence-corrected chi connectivity index (χ1v) is 13.5. The number of hydrogen-bond acceptors (Lipinski definition) is 5. The summed E-state index contributed by atoms with van der Waals surface area (Å²) >= 11 is 1.77. The molecule has 0 fully saturated rings. The molecule has 4 aromatic rings. The lowest BCUT2D eigenvalue weighted by Crippen LogP contribution is -2.24. The Bertz CT molecular complexity index is 1280. The molecule has 0 aliphatic rings. The Labute approximate surface area is 223 Å². The Balaban J connectivity index is 1.38. The molecular weight excluding hydrogens is 482 g/mol. The molecule has 1 amide bonds. The van der Waals surface area contributed by atoms with Crippen LogP contribution in [0, 0.1) is 0 Å². The number of benzene rings is 3. The topological polar surface area (TPSA) is 65.4 Å². The highest BCUT2D eigenvalue weighted by Gasteiger charge is 2.19. The molecule has 0 unspecified atom stereocenters. The summed E-state index contributed by atoms with van der Waals surface area (Å²) < 4.78 is 12.8. The van der Waals surface area contributed by atoms with E-state index in [-0.39, 0.29) is 5.91 Å². The molecule has 0 saturated carbocycles. The van der Waals surface area contributed by atoms with Crippen molar-refractivity contribution in [3.05, 3.63) is 84.4 Å². The number of ether oxygens (including phenoxy) is 2. The molecule has 1 heterocycles. The number of rotatable bonds is 12. The third-order valence-electron chi connectivity index (χ3n) is 6.04. The molecule has 7 heteroatoms. The summed E-state index contributed by atoms with van der Waals surface area (Å²) in [5.74, 6) is 1.98. The van der Waals surface area contributed by atoms with E-state index >= 15 is 0 Å². The van der Waals surface area contributed by atoms with Crippen LogP contribution >= 0.6 is 11.8 Å². The molecule has 0 aliphatic carbocycles. The highest BCUT2D eigenvalue weighted by Crippen LogP contribution is 2.36. The van der Waals surface area contributed by atoms with Gasteiger partial charge >= 0.3 is 0 Å². The highest BCUT2D eigenvalue weighted by molar-refractivity contribution is 7.99. The predicted molar refractivity (Wildman–Crippen MR) is 151 cm³/mol. The summed E-state index contributed by atoms with van der Waals surface area (Å²) in [7, 11) is 3.15. The predicted octanol–water partition coefficient (Wildman–Crippen LogP) is 6.56. The molecule has 1 N–H and O–H groups in total. The number of aromatic nitrogens is 2. The first-order valence-electron chi connectivity index (χ1n) is 12.5. The lowest BCUT2D eigenvalue weighted by molar-refractivity contribution is 0.0952. The molecule has 37 heavy (non-hydrogen) atoms. The first kappa shape index (κ1) is 26.4. The zero-order valence-electron chi connectivity index (χ0n) is 21.6. The average Bonchev–Trinajstić information content (AvgIpc) is 3.33. The third kappa shape index (κ3) is 6.54. The monoisotopic (exact) mass is 515 g/mol. The van der Waals surface area contributed by atoms with Crippen LogP contribution in [0.4, 0.5) is 0 Å². The standard InChI is InChI=1S/C30H33N3O3S/c1-4-33-28(23-15-9-6-10-16-23)27(22-13-7-5-8-14-22)32-30(33)37-18-12-11-17-31-29(34)24-19-25(35-2)21-26(20-24)36-3/h5-10,13-16,19-21H,4,11-12,17-18H2,1-3H3,(H,31,34). The third-order valence-corrected chi connectivity index (χ3v) is 7.11. The number of hydrogen-bond donors (Lipinski definition) is 1. The Kier molecular flexibility index (Phi) is 9.27. The van der Waals surface area contributed by atoms with E-state index in [0.29, 0.717) is 23.6 Å². The molecule has 1 aromatic heterocycles. The van der Waals surface area contributed by atoms with Crippen LogP contribution in [0.1, 0.15) is 30.1 Å². The summed E-state index contributed by atoms with van der Waals surface area (Å²) in [6, 6.07) is 26.0. The molecule has 3 aromatic carbocycles. The van der Waals surface area contributed by atoms with E-state index in [0.717, 1.165) is 47.2 Å². The fourth-order valence-electron chi connectivity index (χ4n) is 4.15. The van der Waals surface area contributed by atoms with Crippen molar-refractivity contribution >= 4 is 17.7 Å². The van der Waals surface area contributed by atoms with Gasteiger partial charge in [0, 0.05) is 41.6 Å². The minimum atomic E-state index is -0.133. The lowest BCUT2D eigenvalue weighted by atomic mass is 10.0. The van der Waals surface area contributed by atoms with Gasteiger partial charge in [0.25, 0.3) is 5.91 Å². The summed E-state index contributed by atoms with van der Waals surface area (Å²) in [6.45, 7) is 3.61. The average molecular weight is 516 g/mol. The molecule has 0 saturated heterocycles. The van der Waals surface area contributed by atoms with E-state index in [2.05, 4.69) is 65.3 Å². The van der Waals surface area contributed by atoms with E-state index in [1.165, 1.54) is 5.56 Å². The van der Waals surface area contributed by atoms with Crippen molar-refractivity contribution in [2.24, 2.45) is 0 Å². The van der Waals surface area contributed by atoms with Crippen molar-refractivity contribution in [2.75, 3.05) is 26.5 Å². The molecule has 4 rings (SSSR count). The van der Waals surface area contributed by atoms with Gasteiger partial charge in [-0.05, 0) is 31.9 Å². The van der Waals surface area contributed by atoms with Crippen molar-refractivity contribution in [1.29, 1.82) is 0 Å². The number of nitrogens with zero attached hydrogens (tertiary/aromatic N) is 2. The first-order chi connectivity index (χ1) is 18.1. The van der Waals surface area contributed by atoms with Crippen LogP contribution in [0.2, 0.25) is 0 Å². The number of thioether (sulfide) groups is 1. The molecule has 0 atom stereocenters. The summed E-state index contributed by atoms with van der Waals surface area (Å²) in [4.78, 5) is 17.7. The number of carbonyl (C=O) groups is 1. The molecular formula is C30H33N3O3S. The van der Waals surface area contributed by atoms with Crippen LogP contribution in [0.25, 0.3) is 22.5 Å².